The highest BCUT2D eigenvalue weighted by Crippen LogP contribution is 2.35. The lowest BCUT2D eigenvalue weighted by atomic mass is 9.93. The van der Waals surface area contributed by atoms with Crippen LogP contribution in [0.3, 0.4) is 0 Å². The quantitative estimate of drug-likeness (QED) is 0.750. The Labute approximate surface area is 101 Å². The Morgan fingerprint density at radius 2 is 2.27 bits per heavy atom. The number of pyridine rings is 1. The van der Waals surface area contributed by atoms with Crippen LogP contribution >= 0.6 is 27.5 Å². The summed E-state index contributed by atoms with van der Waals surface area (Å²) in [6.07, 6.45) is 5.51. The smallest absolute Gasteiger partial charge is 0.131 e. The zero-order chi connectivity index (χ0) is 10.4. The number of hydrogen-bond donors (Lipinski definition) is 0. The van der Waals surface area contributed by atoms with Gasteiger partial charge >= 0.3 is 0 Å². The minimum absolute atomic E-state index is 0.502. The van der Waals surface area contributed by atoms with E-state index in [0.29, 0.717) is 11.2 Å². The maximum Gasteiger partial charge on any atom is 0.131 e. The molecule has 0 aliphatic heterocycles. The maximum atomic E-state index is 5.88. The molecule has 0 spiro atoms. The topological polar surface area (TPSA) is 30.7 Å². The van der Waals surface area contributed by atoms with Crippen LogP contribution in [0, 0.1) is 0 Å². The van der Waals surface area contributed by atoms with Crippen LogP contribution in [0.4, 0.5) is 0 Å². The molecule has 0 N–H and O–H groups in total. The normalized spacial score (nSPS) is 16.9. The van der Waals surface area contributed by atoms with E-state index < -0.39 is 0 Å². The van der Waals surface area contributed by atoms with Crippen LogP contribution in [-0.2, 0) is 0 Å². The molecule has 0 amide bonds. The van der Waals surface area contributed by atoms with Crippen molar-refractivity contribution in [1.29, 1.82) is 0 Å². The lowest BCUT2D eigenvalue weighted by molar-refractivity contribution is 0.297. The van der Waals surface area contributed by atoms with Crippen molar-refractivity contribution in [1.82, 2.24) is 14.8 Å². The van der Waals surface area contributed by atoms with Gasteiger partial charge in [-0.15, -0.1) is 0 Å². The summed E-state index contributed by atoms with van der Waals surface area (Å²) in [7, 11) is 0. The average Bonchev–Trinajstić information content (AvgIpc) is 2.45. The highest BCUT2D eigenvalue weighted by atomic mass is 79.9. The van der Waals surface area contributed by atoms with Crippen LogP contribution in [-0.4, -0.2) is 14.8 Å². The highest BCUT2D eigenvalue weighted by molar-refractivity contribution is 9.10. The first-order valence-electron chi connectivity index (χ1n) is 4.95. The summed E-state index contributed by atoms with van der Waals surface area (Å²) in [5.74, 6) is 0. The third kappa shape index (κ3) is 1.47. The van der Waals surface area contributed by atoms with Gasteiger partial charge in [0.25, 0.3) is 0 Å². The number of nitrogens with zero attached hydrogens (tertiary/aromatic N) is 3. The van der Waals surface area contributed by atoms with E-state index in [1.807, 2.05) is 6.07 Å². The second-order valence-corrected chi connectivity index (χ2v) is 5.08. The Morgan fingerprint density at radius 1 is 1.47 bits per heavy atom. The van der Waals surface area contributed by atoms with E-state index in [9.17, 15) is 0 Å². The minimum Gasteiger partial charge on any atom is -0.259 e. The molecule has 0 saturated heterocycles. The van der Waals surface area contributed by atoms with Crippen molar-refractivity contribution in [2.75, 3.05) is 0 Å². The van der Waals surface area contributed by atoms with Gasteiger partial charge in [0.2, 0.25) is 0 Å². The lowest BCUT2D eigenvalue weighted by Crippen LogP contribution is -2.18. The van der Waals surface area contributed by atoms with E-state index in [2.05, 4.69) is 30.7 Å². The Hall–Kier alpha value is -0.610. The highest BCUT2D eigenvalue weighted by Gasteiger charge is 2.23. The summed E-state index contributed by atoms with van der Waals surface area (Å²) in [4.78, 5) is 4.25. The molecule has 0 unspecified atom stereocenters. The average molecular weight is 287 g/mol. The van der Waals surface area contributed by atoms with Gasteiger partial charge in [-0.2, -0.15) is 5.10 Å². The Kier molecular flexibility index (Phi) is 2.21. The minimum atomic E-state index is 0.502. The number of aromatic nitrogens is 3. The van der Waals surface area contributed by atoms with E-state index in [0.717, 1.165) is 15.5 Å². The molecule has 1 aliphatic carbocycles. The molecule has 1 saturated carbocycles. The molecule has 78 valence electrons. The van der Waals surface area contributed by atoms with Crippen molar-refractivity contribution in [2.45, 2.75) is 25.3 Å². The van der Waals surface area contributed by atoms with Crippen LogP contribution in [0.5, 0.6) is 0 Å². The fourth-order valence-electron chi connectivity index (χ4n) is 1.90. The van der Waals surface area contributed by atoms with E-state index in [-0.39, 0.29) is 0 Å². The van der Waals surface area contributed by atoms with Gasteiger partial charge < -0.3 is 0 Å². The predicted molar refractivity (Wildman–Crippen MR) is 63.1 cm³/mol. The molecule has 15 heavy (non-hydrogen) atoms. The number of halogens is 2. The largest absolute Gasteiger partial charge is 0.259 e. The summed E-state index contributed by atoms with van der Waals surface area (Å²) in [6, 6.07) is 2.36. The Bertz CT molecular complexity index is 519. The first-order valence-corrected chi connectivity index (χ1v) is 6.12. The molecule has 2 aromatic heterocycles. The lowest BCUT2D eigenvalue weighted by Gasteiger charge is -2.26. The molecule has 0 radical (unpaired) electrons. The third-order valence-electron chi connectivity index (χ3n) is 2.90. The van der Waals surface area contributed by atoms with Gasteiger partial charge in [-0.1, -0.05) is 11.6 Å². The Balaban J connectivity index is 2.23. The van der Waals surface area contributed by atoms with E-state index in [4.69, 9.17) is 11.6 Å². The second-order valence-electron chi connectivity index (χ2n) is 3.83. The number of hydrogen-bond acceptors (Lipinski definition) is 2. The van der Waals surface area contributed by atoms with Gasteiger partial charge in [0, 0.05) is 4.47 Å². The van der Waals surface area contributed by atoms with Gasteiger partial charge in [0.15, 0.2) is 0 Å². The summed E-state index contributed by atoms with van der Waals surface area (Å²) < 4.78 is 3.04. The monoisotopic (exact) mass is 285 g/mol. The van der Waals surface area contributed by atoms with Crippen LogP contribution < -0.4 is 0 Å². The summed E-state index contributed by atoms with van der Waals surface area (Å²) in [5.41, 5.74) is 1.92. The number of rotatable bonds is 1. The molecule has 3 rings (SSSR count). The molecule has 2 aromatic rings. The molecular weight excluding hydrogens is 277 g/mol. The molecular formula is C10H9BrClN3. The van der Waals surface area contributed by atoms with Gasteiger partial charge in [0.05, 0.1) is 12.2 Å². The summed E-state index contributed by atoms with van der Waals surface area (Å²) >= 11 is 9.40. The molecule has 1 aliphatic rings. The molecule has 5 heteroatoms. The predicted octanol–water partition coefficient (Wildman–Crippen LogP) is 3.57. The Morgan fingerprint density at radius 3 is 2.93 bits per heavy atom. The van der Waals surface area contributed by atoms with Crippen LogP contribution in [0.25, 0.3) is 11.0 Å². The summed E-state index contributed by atoms with van der Waals surface area (Å²) in [6.45, 7) is 0. The molecule has 3 nitrogen and oxygen atoms in total. The van der Waals surface area contributed by atoms with Crippen molar-refractivity contribution in [3.8, 4) is 0 Å². The first-order chi connectivity index (χ1) is 7.25. The van der Waals surface area contributed by atoms with Gasteiger partial charge in [-0.25, -0.2) is 4.98 Å². The van der Waals surface area contributed by atoms with Crippen molar-refractivity contribution in [3.63, 3.8) is 0 Å². The van der Waals surface area contributed by atoms with Crippen LogP contribution in [0.1, 0.15) is 25.3 Å². The number of fused-ring (bicyclic) bond motifs is 1. The van der Waals surface area contributed by atoms with Crippen molar-refractivity contribution in [2.24, 2.45) is 0 Å². The first kappa shape index (κ1) is 9.60. The summed E-state index contributed by atoms with van der Waals surface area (Å²) in [5, 5.41) is 4.89. The van der Waals surface area contributed by atoms with Crippen molar-refractivity contribution in [3.05, 3.63) is 21.9 Å². The van der Waals surface area contributed by atoms with Crippen LogP contribution in [0.2, 0.25) is 5.15 Å². The second kappa shape index (κ2) is 3.46. The fraction of sp³-hybridized carbons (Fsp3) is 0.400. The van der Waals surface area contributed by atoms with Gasteiger partial charge in [0.1, 0.15) is 16.2 Å². The fourth-order valence-corrected chi connectivity index (χ4v) is 2.83. The zero-order valence-corrected chi connectivity index (χ0v) is 10.3. The van der Waals surface area contributed by atoms with Gasteiger partial charge in [-0.3, -0.25) is 4.68 Å². The molecule has 0 atom stereocenters. The molecule has 1 fully saturated rings. The zero-order valence-electron chi connectivity index (χ0n) is 7.95. The van der Waals surface area contributed by atoms with E-state index >= 15 is 0 Å². The molecule has 2 heterocycles. The molecule has 0 aromatic carbocycles. The molecule has 0 bridgehead atoms. The standard InChI is InChI=1S/C10H9BrClN3/c11-7-4-9(12)14-8-5-13-15(10(7)8)6-2-1-3-6/h4-6H,1-3H2. The third-order valence-corrected chi connectivity index (χ3v) is 3.69. The van der Waals surface area contributed by atoms with Crippen molar-refractivity contribution < 1.29 is 0 Å². The SMILES string of the molecule is Clc1cc(Br)c2c(cnn2C2CCC2)n1. The van der Waals surface area contributed by atoms with E-state index in [1.54, 1.807) is 6.20 Å². The van der Waals surface area contributed by atoms with Gasteiger partial charge in [-0.05, 0) is 41.3 Å². The van der Waals surface area contributed by atoms with Crippen molar-refractivity contribution >= 4 is 38.6 Å². The van der Waals surface area contributed by atoms with E-state index in [1.165, 1.54) is 19.3 Å². The van der Waals surface area contributed by atoms with Crippen LogP contribution in [0.15, 0.2) is 16.7 Å². The maximum absolute atomic E-state index is 5.88.